The lowest BCUT2D eigenvalue weighted by atomic mass is 9.83. The number of aliphatic hydroxyl groups is 1. The van der Waals surface area contributed by atoms with E-state index in [1.807, 2.05) is 72.8 Å². The summed E-state index contributed by atoms with van der Waals surface area (Å²) in [4.78, 5) is 26.5. The van der Waals surface area contributed by atoms with E-state index in [-0.39, 0.29) is 28.6 Å². The molecule has 2 aliphatic carbocycles. The first-order valence-electron chi connectivity index (χ1n) is 14.0. The fourth-order valence-corrected chi connectivity index (χ4v) is 6.25. The molecule has 4 aromatic rings. The molecule has 0 saturated heterocycles. The molecule has 0 bridgehead atoms. The predicted octanol–water partition coefficient (Wildman–Crippen LogP) is 6.68. The lowest BCUT2D eigenvalue weighted by Gasteiger charge is -2.24. The van der Waals surface area contributed by atoms with Crippen molar-refractivity contribution in [3.8, 4) is 0 Å². The lowest BCUT2D eigenvalue weighted by molar-refractivity contribution is -0.118. The minimum atomic E-state index is -0.229. The number of aromatic nitrogens is 2. The van der Waals surface area contributed by atoms with E-state index in [9.17, 15) is 14.7 Å². The maximum absolute atomic E-state index is 13.7. The Morgan fingerprint density at radius 3 is 2.46 bits per heavy atom. The standard InChI is InChI=1S/C33H35N3O3/c1-22(37)33(17-18-33)20-24-7-6-10-27(19-24)34-31(38)30(25-8-2-3-9-25)26-15-13-23(14-16-26)21-36-32(39)28-11-4-5-12-29(28)35-36/h4-7,10-16,19,25,30,35,37H,1-3,8-9,17-18,20-21H2,(H,34,38). The molecule has 1 heterocycles. The zero-order valence-corrected chi connectivity index (χ0v) is 22.2. The normalized spacial score (nSPS) is 17.2. The van der Waals surface area contributed by atoms with E-state index in [1.54, 1.807) is 4.68 Å². The molecule has 6 rings (SSSR count). The van der Waals surface area contributed by atoms with Crippen molar-refractivity contribution >= 4 is 22.5 Å². The van der Waals surface area contributed by atoms with Crippen LogP contribution in [0, 0.1) is 11.3 Å². The van der Waals surface area contributed by atoms with Crippen molar-refractivity contribution in [1.29, 1.82) is 0 Å². The first-order valence-corrected chi connectivity index (χ1v) is 14.0. The fourth-order valence-electron chi connectivity index (χ4n) is 6.25. The maximum atomic E-state index is 13.7. The Morgan fingerprint density at radius 1 is 1.03 bits per heavy atom. The third-order valence-corrected chi connectivity index (χ3v) is 8.69. The number of aromatic amines is 1. The van der Waals surface area contributed by atoms with Gasteiger partial charge in [-0.1, -0.05) is 68.0 Å². The van der Waals surface area contributed by atoms with Gasteiger partial charge in [-0.05, 0) is 79.0 Å². The van der Waals surface area contributed by atoms with Crippen molar-refractivity contribution in [2.75, 3.05) is 5.32 Å². The van der Waals surface area contributed by atoms with Crippen molar-refractivity contribution < 1.29 is 9.90 Å². The molecule has 3 N–H and O–H groups in total. The van der Waals surface area contributed by atoms with Crippen LogP contribution in [0.5, 0.6) is 0 Å². The number of anilines is 1. The Kier molecular flexibility index (Phi) is 6.63. The second kappa shape index (κ2) is 10.3. The lowest BCUT2D eigenvalue weighted by Crippen LogP contribution is -2.26. The van der Waals surface area contributed by atoms with Crippen LogP contribution in [0.15, 0.2) is 89.9 Å². The summed E-state index contributed by atoms with van der Waals surface area (Å²) < 4.78 is 1.63. The van der Waals surface area contributed by atoms with Crippen molar-refractivity contribution in [3.05, 3.63) is 112 Å². The van der Waals surface area contributed by atoms with E-state index in [0.29, 0.717) is 17.8 Å². The van der Waals surface area contributed by atoms with Gasteiger partial charge in [-0.2, -0.15) is 0 Å². The van der Waals surface area contributed by atoms with E-state index >= 15 is 0 Å². The number of fused-ring (bicyclic) bond motifs is 1. The van der Waals surface area contributed by atoms with Gasteiger partial charge >= 0.3 is 0 Å². The van der Waals surface area contributed by atoms with Crippen LogP contribution < -0.4 is 10.9 Å². The average Bonchev–Trinajstić information content (AvgIpc) is 3.39. The van der Waals surface area contributed by atoms with Gasteiger partial charge in [0.2, 0.25) is 5.91 Å². The van der Waals surface area contributed by atoms with E-state index in [2.05, 4.69) is 17.0 Å². The van der Waals surface area contributed by atoms with Gasteiger partial charge in [-0.25, -0.2) is 4.68 Å². The number of aliphatic hydroxyl groups excluding tert-OH is 1. The van der Waals surface area contributed by atoms with Crippen LogP contribution >= 0.6 is 0 Å². The molecule has 2 saturated carbocycles. The largest absolute Gasteiger partial charge is 0.512 e. The Hall–Kier alpha value is -4.06. The molecule has 200 valence electrons. The number of nitrogens with one attached hydrogen (secondary N) is 2. The van der Waals surface area contributed by atoms with Gasteiger partial charge < -0.3 is 10.4 Å². The summed E-state index contributed by atoms with van der Waals surface area (Å²) in [5, 5.41) is 17.1. The molecule has 2 aliphatic rings. The number of amides is 1. The molecule has 3 aromatic carbocycles. The summed E-state index contributed by atoms with van der Waals surface area (Å²) in [5.41, 5.74) is 4.49. The van der Waals surface area contributed by atoms with E-state index < -0.39 is 0 Å². The number of benzene rings is 3. The van der Waals surface area contributed by atoms with E-state index in [4.69, 9.17) is 0 Å². The van der Waals surface area contributed by atoms with Crippen LogP contribution in [0.1, 0.15) is 61.1 Å². The third kappa shape index (κ3) is 5.16. The summed E-state index contributed by atoms with van der Waals surface area (Å²) in [5.74, 6) is 0.359. The van der Waals surface area contributed by atoms with Crippen LogP contribution in [0.4, 0.5) is 5.69 Å². The van der Waals surface area contributed by atoms with Gasteiger partial charge in [0, 0.05) is 11.1 Å². The quantitative estimate of drug-likeness (QED) is 0.215. The Balaban J connectivity index is 1.20. The van der Waals surface area contributed by atoms with Crippen LogP contribution in [0.25, 0.3) is 10.9 Å². The number of rotatable bonds is 9. The van der Waals surface area contributed by atoms with Gasteiger partial charge in [0.25, 0.3) is 5.56 Å². The Morgan fingerprint density at radius 2 is 1.77 bits per heavy atom. The number of nitrogens with zero attached hydrogens (tertiary/aromatic N) is 1. The highest BCUT2D eigenvalue weighted by atomic mass is 16.3. The number of carbonyl (C=O) groups excluding carboxylic acids is 1. The number of hydrogen-bond acceptors (Lipinski definition) is 3. The summed E-state index contributed by atoms with van der Waals surface area (Å²) >= 11 is 0. The molecule has 0 radical (unpaired) electrons. The van der Waals surface area contributed by atoms with Crippen LogP contribution in [0.3, 0.4) is 0 Å². The minimum Gasteiger partial charge on any atom is -0.512 e. The summed E-state index contributed by atoms with van der Waals surface area (Å²) in [7, 11) is 0. The molecule has 1 atom stereocenters. The predicted molar refractivity (Wildman–Crippen MR) is 155 cm³/mol. The molecule has 1 aromatic heterocycles. The number of allylic oxidation sites excluding steroid dienone is 1. The number of H-pyrrole nitrogens is 1. The topological polar surface area (TPSA) is 87.1 Å². The van der Waals surface area contributed by atoms with Crippen molar-refractivity contribution in [3.63, 3.8) is 0 Å². The average molecular weight is 522 g/mol. The third-order valence-electron chi connectivity index (χ3n) is 8.69. The van der Waals surface area contributed by atoms with Gasteiger partial charge in [0.15, 0.2) is 0 Å². The number of para-hydroxylation sites is 1. The Bertz CT molecular complexity index is 1570. The molecule has 2 fully saturated rings. The fraction of sp³-hybridized carbons (Fsp3) is 0.333. The SMILES string of the molecule is C=C(O)C1(Cc2cccc(NC(=O)C(c3ccc(Cn4[nH]c5ccccc5c4=O)cc3)C3CCCC3)c2)CC1. The minimum absolute atomic E-state index is 0.0198. The molecule has 1 amide bonds. The van der Waals surface area contributed by atoms with Crippen molar-refractivity contribution in [1.82, 2.24) is 9.78 Å². The second-order valence-electron chi connectivity index (χ2n) is 11.4. The van der Waals surface area contributed by atoms with Gasteiger partial charge in [-0.3, -0.25) is 14.7 Å². The maximum Gasteiger partial charge on any atom is 0.274 e. The van der Waals surface area contributed by atoms with Gasteiger partial charge in [-0.15, -0.1) is 0 Å². The molecular formula is C33H35N3O3. The molecular weight excluding hydrogens is 486 g/mol. The molecule has 6 nitrogen and oxygen atoms in total. The number of hydrogen-bond donors (Lipinski definition) is 3. The smallest absolute Gasteiger partial charge is 0.274 e. The molecule has 6 heteroatoms. The molecule has 1 unspecified atom stereocenters. The summed E-state index contributed by atoms with van der Waals surface area (Å²) in [6.45, 7) is 4.22. The zero-order chi connectivity index (χ0) is 27.0. The zero-order valence-electron chi connectivity index (χ0n) is 22.2. The van der Waals surface area contributed by atoms with Gasteiger partial charge in [0.1, 0.15) is 0 Å². The summed E-state index contributed by atoms with van der Waals surface area (Å²) in [6.07, 6.45) is 7.04. The second-order valence-corrected chi connectivity index (χ2v) is 11.4. The first-order chi connectivity index (χ1) is 18.9. The van der Waals surface area contributed by atoms with Crippen LogP contribution in [-0.4, -0.2) is 20.8 Å². The van der Waals surface area contributed by atoms with Crippen LogP contribution in [-0.2, 0) is 17.8 Å². The van der Waals surface area contributed by atoms with Crippen molar-refractivity contribution in [2.45, 2.75) is 57.4 Å². The highest BCUT2D eigenvalue weighted by molar-refractivity contribution is 5.96. The molecule has 0 spiro atoms. The monoisotopic (exact) mass is 521 g/mol. The highest BCUT2D eigenvalue weighted by Gasteiger charge is 2.45. The number of carbonyl (C=O) groups is 1. The van der Waals surface area contributed by atoms with E-state index in [0.717, 1.165) is 72.8 Å². The van der Waals surface area contributed by atoms with Gasteiger partial charge in [0.05, 0.1) is 29.1 Å². The van der Waals surface area contributed by atoms with Crippen molar-refractivity contribution in [2.24, 2.45) is 11.3 Å². The molecule has 39 heavy (non-hydrogen) atoms. The Labute approximate surface area is 228 Å². The van der Waals surface area contributed by atoms with E-state index in [1.165, 1.54) is 0 Å². The summed E-state index contributed by atoms with van der Waals surface area (Å²) in [6, 6.07) is 23.6. The van der Waals surface area contributed by atoms with Crippen LogP contribution in [0.2, 0.25) is 0 Å². The molecule has 0 aliphatic heterocycles. The highest BCUT2D eigenvalue weighted by Crippen LogP contribution is 2.52. The first kappa shape index (κ1) is 25.2.